The van der Waals surface area contributed by atoms with Gasteiger partial charge in [0.25, 0.3) is 0 Å². The Kier molecular flexibility index (Phi) is 6.43. The number of hydrogen-bond donors (Lipinski definition) is 2. The fraction of sp³-hybridized carbons (Fsp3) is 0.375. The average Bonchev–Trinajstić information content (AvgIpc) is 2.69. The predicted octanol–water partition coefficient (Wildman–Crippen LogP) is 5.25. The number of fused-ring (bicyclic) bond motifs is 3. The van der Waals surface area contributed by atoms with Crippen LogP contribution in [-0.2, 0) is 4.74 Å². The highest BCUT2D eigenvalue weighted by Gasteiger charge is 2.34. The van der Waals surface area contributed by atoms with Gasteiger partial charge in [-0.1, -0.05) is 51.3 Å². The van der Waals surface area contributed by atoms with Gasteiger partial charge in [-0.2, -0.15) is 0 Å². The van der Waals surface area contributed by atoms with Gasteiger partial charge in [-0.15, -0.1) is 12.6 Å². The molecule has 1 N–H and O–H groups in total. The van der Waals surface area contributed by atoms with Crippen molar-refractivity contribution < 1.29 is 9.84 Å². The molecule has 1 heterocycles. The zero-order valence-electron chi connectivity index (χ0n) is 16.9. The van der Waals surface area contributed by atoms with Crippen molar-refractivity contribution in [3.63, 3.8) is 0 Å². The largest absolute Gasteiger partial charge is 0.392 e. The van der Waals surface area contributed by atoms with Gasteiger partial charge < -0.3 is 9.84 Å². The quantitative estimate of drug-likeness (QED) is 0.497. The summed E-state index contributed by atoms with van der Waals surface area (Å²) in [5.74, 6) is 0.462. The topological polar surface area (TPSA) is 41.8 Å². The number of aliphatic hydroxyl groups excluding tert-OH is 1. The van der Waals surface area contributed by atoms with Crippen molar-refractivity contribution in [1.29, 1.82) is 0 Å². The molecule has 0 amide bonds. The number of thiol groups is 1. The number of benzene rings is 2. The third-order valence-electron chi connectivity index (χ3n) is 5.54. The molecule has 0 spiro atoms. The zero-order valence-corrected chi connectivity index (χ0v) is 17.8. The fourth-order valence-corrected chi connectivity index (χ4v) is 4.38. The van der Waals surface area contributed by atoms with Crippen LogP contribution in [0.1, 0.15) is 48.8 Å². The molecule has 2 aromatic rings. The first-order chi connectivity index (χ1) is 13.4. The van der Waals surface area contributed by atoms with Crippen molar-refractivity contribution in [2.24, 2.45) is 4.99 Å². The molecule has 148 valence electrons. The number of aliphatic imine (C=N–C) groups is 1. The molecule has 0 bridgehead atoms. The van der Waals surface area contributed by atoms with E-state index in [0.717, 1.165) is 17.7 Å². The lowest BCUT2D eigenvalue weighted by molar-refractivity contribution is 0.184. The number of rotatable bonds is 7. The summed E-state index contributed by atoms with van der Waals surface area (Å²) in [6.45, 7) is 13.1. The lowest BCUT2D eigenvalue weighted by Crippen LogP contribution is -2.30. The normalized spacial score (nSPS) is 18.9. The van der Waals surface area contributed by atoms with Gasteiger partial charge >= 0.3 is 0 Å². The molecule has 0 saturated carbocycles. The van der Waals surface area contributed by atoms with Gasteiger partial charge in [0.15, 0.2) is 0 Å². The van der Waals surface area contributed by atoms with E-state index in [2.05, 4.69) is 70.0 Å². The van der Waals surface area contributed by atoms with Crippen molar-refractivity contribution in [2.75, 3.05) is 20.3 Å². The van der Waals surface area contributed by atoms with Gasteiger partial charge in [0.1, 0.15) is 0 Å². The van der Waals surface area contributed by atoms with E-state index in [0.29, 0.717) is 23.0 Å². The van der Waals surface area contributed by atoms with Crippen molar-refractivity contribution in [2.45, 2.75) is 38.1 Å². The minimum absolute atomic E-state index is 0.0807. The number of methoxy groups -OCH3 is 1. The molecule has 0 fully saturated rings. The number of ether oxygens (including phenoxy) is 1. The maximum atomic E-state index is 9.79. The second kappa shape index (κ2) is 8.64. The van der Waals surface area contributed by atoms with Gasteiger partial charge in [-0.05, 0) is 45.9 Å². The van der Waals surface area contributed by atoms with E-state index in [1.807, 2.05) is 0 Å². The molecule has 1 aliphatic rings. The summed E-state index contributed by atoms with van der Waals surface area (Å²) >= 11 is 4.54. The molecule has 2 atom stereocenters. The third-order valence-corrected chi connectivity index (χ3v) is 5.75. The minimum atomic E-state index is -0.222. The first-order valence-corrected chi connectivity index (χ1v) is 10.1. The highest BCUT2D eigenvalue weighted by atomic mass is 32.1. The lowest BCUT2D eigenvalue weighted by Gasteiger charge is -2.34. The summed E-state index contributed by atoms with van der Waals surface area (Å²) in [6.07, 6.45) is 0.800. The van der Waals surface area contributed by atoms with Crippen LogP contribution in [0.3, 0.4) is 0 Å². The smallest absolute Gasteiger partial charge is 0.0806 e. The maximum absolute atomic E-state index is 9.79. The Morgan fingerprint density at radius 3 is 2.50 bits per heavy atom. The van der Waals surface area contributed by atoms with Crippen LogP contribution < -0.4 is 0 Å². The lowest BCUT2D eigenvalue weighted by atomic mass is 9.75. The van der Waals surface area contributed by atoms with E-state index in [1.54, 1.807) is 7.11 Å². The maximum Gasteiger partial charge on any atom is 0.0806 e. The number of nitrogens with zero attached hydrogens (tertiary/aromatic N) is 1. The summed E-state index contributed by atoms with van der Waals surface area (Å²) in [5, 5.41) is 12.3. The van der Waals surface area contributed by atoms with Gasteiger partial charge in [-0.25, -0.2) is 0 Å². The summed E-state index contributed by atoms with van der Waals surface area (Å²) in [6, 6.07) is 10.6. The first kappa shape index (κ1) is 20.8. The molecule has 28 heavy (non-hydrogen) atoms. The van der Waals surface area contributed by atoms with Crippen LogP contribution in [0.5, 0.6) is 0 Å². The van der Waals surface area contributed by atoms with Crippen LogP contribution in [0, 0.1) is 0 Å². The molecule has 0 saturated heterocycles. The van der Waals surface area contributed by atoms with Crippen molar-refractivity contribution in [3.8, 4) is 0 Å². The Balaban J connectivity index is 2.38. The van der Waals surface area contributed by atoms with Crippen molar-refractivity contribution in [3.05, 3.63) is 70.7 Å². The minimum Gasteiger partial charge on any atom is -0.392 e. The number of aliphatic hydroxyl groups is 1. The van der Waals surface area contributed by atoms with E-state index < -0.39 is 0 Å². The molecule has 1 aliphatic heterocycles. The van der Waals surface area contributed by atoms with Crippen LogP contribution >= 0.6 is 12.6 Å². The SMILES string of the molecule is C=C(S)C1=NC(C(=C)CO)C(CCOC)c2c1cc(C(C)C)c1ccccc21. The molecular weight excluding hydrogens is 366 g/mol. The van der Waals surface area contributed by atoms with Crippen LogP contribution in [0.15, 0.2) is 59.0 Å². The molecular formula is C24H29NO2S. The molecule has 4 heteroatoms. The van der Waals surface area contributed by atoms with Gasteiger partial charge in [-0.3, -0.25) is 4.99 Å². The molecule has 2 aromatic carbocycles. The Morgan fingerprint density at radius 1 is 1.25 bits per heavy atom. The number of allylic oxidation sites excluding steroid dienone is 1. The van der Waals surface area contributed by atoms with Gasteiger partial charge in [0, 0.05) is 30.1 Å². The third kappa shape index (κ3) is 3.69. The van der Waals surface area contributed by atoms with Gasteiger partial charge in [0.2, 0.25) is 0 Å². The van der Waals surface area contributed by atoms with Crippen molar-refractivity contribution >= 4 is 29.1 Å². The molecule has 0 aromatic heterocycles. The Bertz CT molecular complexity index is 945. The van der Waals surface area contributed by atoms with Crippen LogP contribution in [0.25, 0.3) is 10.8 Å². The summed E-state index contributed by atoms with van der Waals surface area (Å²) in [4.78, 5) is 5.59. The molecule has 0 aliphatic carbocycles. The molecule has 3 nitrogen and oxygen atoms in total. The molecule has 0 radical (unpaired) electrons. The first-order valence-electron chi connectivity index (χ1n) is 9.70. The average molecular weight is 396 g/mol. The Hall–Kier alpha value is -1.88. The van der Waals surface area contributed by atoms with E-state index in [4.69, 9.17) is 9.73 Å². The fourth-order valence-electron chi connectivity index (χ4n) is 4.20. The predicted molar refractivity (Wildman–Crippen MR) is 122 cm³/mol. The monoisotopic (exact) mass is 395 g/mol. The van der Waals surface area contributed by atoms with Crippen molar-refractivity contribution in [1.82, 2.24) is 0 Å². The zero-order chi connectivity index (χ0) is 20.4. The Morgan fingerprint density at radius 2 is 1.93 bits per heavy atom. The van der Waals surface area contributed by atoms with Crippen LogP contribution in [-0.4, -0.2) is 37.2 Å². The Labute approximate surface area is 173 Å². The van der Waals surface area contributed by atoms with E-state index in [1.165, 1.54) is 21.9 Å². The van der Waals surface area contributed by atoms with E-state index in [9.17, 15) is 5.11 Å². The second-order valence-electron chi connectivity index (χ2n) is 7.70. The standard InChI is InChI=1S/C24H29NO2S/c1-14(2)20-12-21-22(18-9-7-6-8-17(18)20)19(10-11-27-5)23(15(3)13-26)25-24(21)16(4)28/h6-9,12,14,19,23,26,28H,3-4,10-11,13H2,1-2,5H3. The van der Waals surface area contributed by atoms with Gasteiger partial charge in [0.05, 0.1) is 18.4 Å². The highest BCUT2D eigenvalue weighted by Crippen LogP contribution is 2.43. The van der Waals surface area contributed by atoms with E-state index in [-0.39, 0.29) is 18.6 Å². The van der Waals surface area contributed by atoms with Crippen LogP contribution in [0.4, 0.5) is 0 Å². The summed E-state index contributed by atoms with van der Waals surface area (Å²) in [7, 11) is 1.71. The molecule has 3 rings (SSSR count). The molecule has 2 unspecified atom stereocenters. The second-order valence-corrected chi connectivity index (χ2v) is 8.24. The summed E-state index contributed by atoms with van der Waals surface area (Å²) < 4.78 is 5.40. The highest BCUT2D eigenvalue weighted by molar-refractivity contribution is 7.85. The van der Waals surface area contributed by atoms with E-state index >= 15 is 0 Å². The summed E-state index contributed by atoms with van der Waals surface area (Å²) in [5.41, 5.74) is 5.11. The van der Waals surface area contributed by atoms with Crippen LogP contribution in [0.2, 0.25) is 0 Å². The number of hydrogen-bond acceptors (Lipinski definition) is 4.